The van der Waals surface area contributed by atoms with Crippen molar-refractivity contribution in [3.05, 3.63) is 75.3 Å². The van der Waals surface area contributed by atoms with Crippen LogP contribution in [0.5, 0.6) is 0 Å². The number of fused-ring (bicyclic) bond motifs is 1. The van der Waals surface area contributed by atoms with Gasteiger partial charge in [0, 0.05) is 18.2 Å². The van der Waals surface area contributed by atoms with Crippen molar-refractivity contribution in [3.8, 4) is 0 Å². The van der Waals surface area contributed by atoms with Gasteiger partial charge in [-0.15, -0.1) is 0 Å². The Bertz CT molecular complexity index is 1120. The van der Waals surface area contributed by atoms with Gasteiger partial charge < -0.3 is 4.98 Å². The normalized spacial score (nSPS) is 15.4. The van der Waals surface area contributed by atoms with Crippen molar-refractivity contribution >= 4 is 28.4 Å². The monoisotopic (exact) mass is 435 g/mol. The van der Waals surface area contributed by atoms with E-state index in [1.165, 1.54) is 5.56 Å². The van der Waals surface area contributed by atoms with E-state index >= 15 is 0 Å². The lowest BCUT2D eigenvalue weighted by Crippen LogP contribution is -2.34. The van der Waals surface area contributed by atoms with E-state index in [2.05, 4.69) is 34.1 Å². The number of aromatic amines is 1. The second-order valence-electron chi connectivity index (χ2n) is 8.47. The number of nitrogens with one attached hydrogen (secondary N) is 1. The molecule has 1 aliphatic heterocycles. The third kappa shape index (κ3) is 5.63. The summed E-state index contributed by atoms with van der Waals surface area (Å²) in [5.74, 6) is 1.71. The molecule has 0 unspecified atom stereocenters. The molecule has 1 N–H and O–H groups in total. The first kappa shape index (κ1) is 21.8. The molecule has 0 saturated carbocycles. The van der Waals surface area contributed by atoms with Crippen LogP contribution in [0.25, 0.3) is 10.9 Å². The van der Waals surface area contributed by atoms with Gasteiger partial charge in [-0.3, -0.25) is 14.5 Å². The van der Waals surface area contributed by atoms with E-state index in [9.17, 15) is 9.59 Å². The summed E-state index contributed by atoms with van der Waals surface area (Å²) in [4.78, 5) is 33.8. The summed E-state index contributed by atoms with van der Waals surface area (Å²) in [6.45, 7) is 6.74. The average Bonchev–Trinajstić information content (AvgIpc) is 2.75. The number of nitrogens with zero attached hydrogens (tertiary/aromatic N) is 2. The zero-order valence-corrected chi connectivity index (χ0v) is 19.0. The molecule has 31 heavy (non-hydrogen) atoms. The number of thioether (sulfide) groups is 1. The molecule has 0 radical (unpaired) electrons. The first-order chi connectivity index (χ1) is 15.0. The number of hydrogen-bond donors (Lipinski definition) is 1. The Morgan fingerprint density at radius 2 is 1.84 bits per heavy atom. The molecule has 0 amide bonds. The summed E-state index contributed by atoms with van der Waals surface area (Å²) in [7, 11) is 0. The summed E-state index contributed by atoms with van der Waals surface area (Å²) in [6, 6.07) is 14.1. The van der Waals surface area contributed by atoms with E-state index in [0.717, 1.165) is 60.7 Å². The fourth-order valence-corrected chi connectivity index (χ4v) is 5.23. The number of H-pyrrole nitrogens is 1. The van der Waals surface area contributed by atoms with Gasteiger partial charge in [0.25, 0.3) is 5.56 Å². The minimum absolute atomic E-state index is 0.0477. The van der Waals surface area contributed by atoms with Crippen molar-refractivity contribution in [2.24, 2.45) is 0 Å². The highest BCUT2D eigenvalue weighted by molar-refractivity contribution is 7.99. The third-order valence-corrected chi connectivity index (χ3v) is 7.24. The Hall–Kier alpha value is -2.44. The molecule has 2 aromatic carbocycles. The molecule has 1 fully saturated rings. The van der Waals surface area contributed by atoms with Crippen LogP contribution >= 0.6 is 11.8 Å². The van der Waals surface area contributed by atoms with E-state index in [4.69, 9.17) is 4.98 Å². The zero-order valence-electron chi connectivity index (χ0n) is 18.2. The van der Waals surface area contributed by atoms with Crippen molar-refractivity contribution < 1.29 is 4.79 Å². The van der Waals surface area contributed by atoms with Gasteiger partial charge in [0.1, 0.15) is 11.6 Å². The van der Waals surface area contributed by atoms with E-state index < -0.39 is 0 Å². The molecule has 0 bridgehead atoms. The summed E-state index contributed by atoms with van der Waals surface area (Å²) >= 11 is 1.90. The predicted octanol–water partition coefficient (Wildman–Crippen LogP) is 4.26. The molecular weight excluding hydrogens is 406 g/mol. The van der Waals surface area contributed by atoms with Crippen LogP contribution in [0.2, 0.25) is 0 Å². The van der Waals surface area contributed by atoms with Crippen molar-refractivity contribution in [1.82, 2.24) is 14.9 Å². The predicted molar refractivity (Wildman–Crippen MR) is 128 cm³/mol. The number of rotatable bonds is 7. The fraction of sp³-hybridized carbons (Fsp3) is 0.400. The molecule has 3 aromatic rings. The standard InChI is InChI=1S/C25H29N3O2S/c1-17-4-3-5-22-24(17)26-23(27-25(22)30)16-31-21-10-12-28(13-11-21)15-20-8-6-19(7-9-20)14-18(2)29/h3-9,21H,10-16H2,1-2H3,(H,26,27,30). The number of ketones is 1. The number of likely N-dealkylation sites (tertiary alicyclic amines) is 1. The maximum atomic E-state index is 12.4. The third-order valence-electron chi connectivity index (χ3n) is 5.86. The van der Waals surface area contributed by atoms with Gasteiger partial charge >= 0.3 is 0 Å². The Balaban J connectivity index is 1.28. The second-order valence-corrected chi connectivity index (χ2v) is 9.75. The van der Waals surface area contributed by atoms with Crippen LogP contribution in [0.15, 0.2) is 47.3 Å². The number of aromatic nitrogens is 2. The molecule has 4 rings (SSSR count). The quantitative estimate of drug-likeness (QED) is 0.601. The first-order valence-corrected chi connectivity index (χ1v) is 11.9. The lowest BCUT2D eigenvalue weighted by atomic mass is 10.1. The molecule has 1 aliphatic rings. The number of hydrogen-bond acceptors (Lipinski definition) is 5. The van der Waals surface area contributed by atoms with Gasteiger partial charge in [0.05, 0.1) is 16.7 Å². The lowest BCUT2D eigenvalue weighted by molar-refractivity contribution is -0.116. The minimum Gasteiger partial charge on any atom is -0.309 e. The molecule has 2 heterocycles. The lowest BCUT2D eigenvalue weighted by Gasteiger charge is -2.31. The number of para-hydroxylation sites is 1. The fourth-order valence-electron chi connectivity index (χ4n) is 4.16. The van der Waals surface area contributed by atoms with Crippen LogP contribution < -0.4 is 5.56 Å². The number of carbonyl (C=O) groups is 1. The molecule has 6 heteroatoms. The Morgan fingerprint density at radius 3 is 2.55 bits per heavy atom. The summed E-state index contributed by atoms with van der Waals surface area (Å²) in [6.07, 6.45) is 2.80. The Kier molecular flexibility index (Phi) is 6.88. The van der Waals surface area contributed by atoms with Gasteiger partial charge in [0.2, 0.25) is 0 Å². The van der Waals surface area contributed by atoms with Crippen molar-refractivity contribution in [1.29, 1.82) is 0 Å². The zero-order chi connectivity index (χ0) is 21.8. The Morgan fingerprint density at radius 1 is 1.13 bits per heavy atom. The molecule has 0 atom stereocenters. The summed E-state index contributed by atoms with van der Waals surface area (Å²) in [5.41, 5.74) is 4.19. The summed E-state index contributed by atoms with van der Waals surface area (Å²) in [5, 5.41) is 1.25. The van der Waals surface area contributed by atoms with Crippen LogP contribution in [0, 0.1) is 6.92 Å². The van der Waals surface area contributed by atoms with Gasteiger partial charge in [-0.2, -0.15) is 11.8 Å². The largest absolute Gasteiger partial charge is 0.309 e. The molecule has 162 valence electrons. The van der Waals surface area contributed by atoms with Crippen LogP contribution in [0.1, 0.15) is 42.3 Å². The molecule has 5 nitrogen and oxygen atoms in total. The highest BCUT2D eigenvalue weighted by Crippen LogP contribution is 2.27. The Labute approximate surface area is 187 Å². The highest BCUT2D eigenvalue weighted by atomic mass is 32.2. The molecule has 0 spiro atoms. The van der Waals surface area contributed by atoms with E-state index in [-0.39, 0.29) is 11.3 Å². The van der Waals surface area contributed by atoms with Crippen LogP contribution in [-0.2, 0) is 23.5 Å². The molecular formula is C25H29N3O2S. The number of aryl methyl sites for hydroxylation is 1. The van der Waals surface area contributed by atoms with Crippen LogP contribution in [0.3, 0.4) is 0 Å². The number of piperidine rings is 1. The van der Waals surface area contributed by atoms with E-state index in [1.54, 1.807) is 6.92 Å². The number of carbonyl (C=O) groups excluding carboxylic acids is 1. The van der Waals surface area contributed by atoms with Gasteiger partial charge in [0.15, 0.2) is 0 Å². The number of Topliss-reactive ketones (excluding diaryl/α,β-unsaturated/α-hetero) is 1. The maximum Gasteiger partial charge on any atom is 0.258 e. The van der Waals surface area contributed by atoms with Gasteiger partial charge in [-0.1, -0.05) is 36.4 Å². The average molecular weight is 436 g/mol. The van der Waals surface area contributed by atoms with E-state index in [1.807, 2.05) is 36.9 Å². The van der Waals surface area contributed by atoms with Crippen LogP contribution in [-0.4, -0.2) is 39.0 Å². The summed E-state index contributed by atoms with van der Waals surface area (Å²) < 4.78 is 0. The molecule has 0 aliphatic carbocycles. The maximum absolute atomic E-state index is 12.4. The topological polar surface area (TPSA) is 66.1 Å². The van der Waals surface area contributed by atoms with Crippen molar-refractivity contribution in [2.45, 2.75) is 50.7 Å². The smallest absolute Gasteiger partial charge is 0.258 e. The SMILES string of the molecule is CC(=O)Cc1ccc(CN2CCC(SCc3nc4c(C)cccc4c(=O)[nH]3)CC2)cc1. The minimum atomic E-state index is -0.0477. The van der Waals surface area contributed by atoms with Crippen LogP contribution in [0.4, 0.5) is 0 Å². The molecule has 1 saturated heterocycles. The number of benzene rings is 2. The molecule has 1 aromatic heterocycles. The first-order valence-electron chi connectivity index (χ1n) is 10.9. The van der Waals surface area contributed by atoms with Crippen molar-refractivity contribution in [3.63, 3.8) is 0 Å². The van der Waals surface area contributed by atoms with Gasteiger partial charge in [-0.25, -0.2) is 4.98 Å². The van der Waals surface area contributed by atoms with Gasteiger partial charge in [-0.05, 0) is 62.5 Å². The second kappa shape index (κ2) is 9.79. The highest BCUT2D eigenvalue weighted by Gasteiger charge is 2.20. The van der Waals surface area contributed by atoms with Crippen molar-refractivity contribution in [2.75, 3.05) is 13.1 Å². The van der Waals surface area contributed by atoms with E-state index in [0.29, 0.717) is 17.1 Å².